The Kier molecular flexibility index (Phi) is 4.44. The van der Waals surface area contributed by atoms with Gasteiger partial charge in [0.25, 0.3) is 0 Å². The highest BCUT2D eigenvalue weighted by Gasteiger charge is 2.22. The molecule has 0 atom stereocenters. The maximum Gasteiger partial charge on any atom is 0.123 e. The first-order valence-electron chi connectivity index (χ1n) is 5.52. The van der Waals surface area contributed by atoms with Crippen molar-refractivity contribution in [3.8, 4) is 0 Å². The largest absolute Gasteiger partial charge is 0.396 e. The number of hydrogen-bond acceptors (Lipinski definition) is 2. The van der Waals surface area contributed by atoms with E-state index in [4.69, 9.17) is 5.11 Å². The monoisotopic (exact) mass is 225 g/mol. The van der Waals surface area contributed by atoms with Crippen molar-refractivity contribution in [1.82, 2.24) is 4.90 Å². The minimum atomic E-state index is -0.203. The summed E-state index contributed by atoms with van der Waals surface area (Å²) in [7, 11) is 1.99. The second-order valence-corrected chi connectivity index (χ2v) is 4.77. The topological polar surface area (TPSA) is 23.5 Å². The predicted octanol–water partition coefficient (Wildman–Crippen LogP) is 2.42. The third kappa shape index (κ3) is 3.58. The number of halogens is 1. The zero-order valence-corrected chi connectivity index (χ0v) is 10.2. The summed E-state index contributed by atoms with van der Waals surface area (Å²) < 4.78 is 13.0. The van der Waals surface area contributed by atoms with E-state index in [0.717, 1.165) is 5.56 Å². The average Bonchev–Trinajstić information content (AvgIpc) is 2.17. The van der Waals surface area contributed by atoms with E-state index in [2.05, 4.69) is 18.7 Å². The van der Waals surface area contributed by atoms with Crippen LogP contribution in [0.2, 0.25) is 0 Å². The van der Waals surface area contributed by atoms with Crippen molar-refractivity contribution in [2.45, 2.75) is 32.4 Å². The summed E-state index contributed by atoms with van der Waals surface area (Å²) in [4.78, 5) is 2.12. The molecule has 1 aromatic rings. The first-order valence-corrected chi connectivity index (χ1v) is 5.52. The zero-order valence-electron chi connectivity index (χ0n) is 10.2. The highest BCUT2D eigenvalue weighted by molar-refractivity contribution is 5.16. The maximum atomic E-state index is 13.0. The molecule has 1 aromatic carbocycles. The highest BCUT2D eigenvalue weighted by atomic mass is 19.1. The number of rotatable bonds is 5. The molecular formula is C13H20FNO. The van der Waals surface area contributed by atoms with E-state index < -0.39 is 0 Å². The lowest BCUT2D eigenvalue weighted by Crippen LogP contribution is -2.41. The summed E-state index contributed by atoms with van der Waals surface area (Å²) in [6, 6.07) is 6.63. The van der Waals surface area contributed by atoms with Gasteiger partial charge in [-0.25, -0.2) is 4.39 Å². The smallest absolute Gasteiger partial charge is 0.123 e. The normalized spacial score (nSPS) is 12.1. The van der Waals surface area contributed by atoms with Gasteiger partial charge in [0.2, 0.25) is 0 Å². The second-order valence-electron chi connectivity index (χ2n) is 4.77. The van der Waals surface area contributed by atoms with Gasteiger partial charge in [0, 0.05) is 18.7 Å². The molecule has 0 aromatic heterocycles. The van der Waals surface area contributed by atoms with E-state index in [0.29, 0.717) is 13.0 Å². The molecule has 0 spiro atoms. The van der Waals surface area contributed by atoms with E-state index in [9.17, 15) is 4.39 Å². The lowest BCUT2D eigenvalue weighted by atomic mass is 9.98. The van der Waals surface area contributed by atoms with Gasteiger partial charge in [-0.1, -0.05) is 12.1 Å². The third-order valence-corrected chi connectivity index (χ3v) is 3.07. The summed E-state index contributed by atoms with van der Waals surface area (Å²) in [6.07, 6.45) is 0.707. The molecule has 3 heteroatoms. The van der Waals surface area contributed by atoms with Crippen LogP contribution in [0.1, 0.15) is 25.8 Å². The van der Waals surface area contributed by atoms with Gasteiger partial charge in [0.1, 0.15) is 5.82 Å². The second kappa shape index (κ2) is 5.41. The van der Waals surface area contributed by atoms with Crippen LogP contribution in [-0.2, 0) is 6.54 Å². The van der Waals surface area contributed by atoms with Crippen molar-refractivity contribution in [3.63, 3.8) is 0 Å². The van der Waals surface area contributed by atoms with Crippen molar-refractivity contribution >= 4 is 0 Å². The van der Waals surface area contributed by atoms with Gasteiger partial charge >= 0.3 is 0 Å². The average molecular weight is 225 g/mol. The van der Waals surface area contributed by atoms with E-state index >= 15 is 0 Å². The quantitative estimate of drug-likeness (QED) is 0.832. The van der Waals surface area contributed by atoms with Crippen LogP contribution < -0.4 is 0 Å². The first kappa shape index (κ1) is 13.1. The van der Waals surface area contributed by atoms with Gasteiger partial charge in [-0.2, -0.15) is 0 Å². The number of nitrogens with zero attached hydrogens (tertiary/aromatic N) is 1. The Balaban J connectivity index is 2.67. The van der Waals surface area contributed by atoms with E-state index in [1.165, 1.54) is 6.07 Å². The van der Waals surface area contributed by atoms with Gasteiger partial charge in [-0.3, -0.25) is 4.90 Å². The molecule has 0 saturated heterocycles. The fraction of sp³-hybridized carbons (Fsp3) is 0.538. The molecule has 0 amide bonds. The Morgan fingerprint density at radius 2 is 2.06 bits per heavy atom. The summed E-state index contributed by atoms with van der Waals surface area (Å²) >= 11 is 0. The summed E-state index contributed by atoms with van der Waals surface area (Å²) in [5.41, 5.74) is 0.870. The Bertz CT molecular complexity index is 338. The van der Waals surface area contributed by atoms with Gasteiger partial charge in [0.05, 0.1) is 0 Å². The SMILES string of the molecule is CN(Cc1cccc(F)c1)C(C)(C)CCO. The molecule has 1 N–H and O–H groups in total. The minimum Gasteiger partial charge on any atom is -0.396 e. The number of aliphatic hydroxyl groups excluding tert-OH is 1. The molecule has 2 nitrogen and oxygen atoms in total. The Hall–Kier alpha value is -0.930. The summed E-state index contributed by atoms with van der Waals surface area (Å²) in [6.45, 7) is 5.00. The van der Waals surface area contributed by atoms with Crippen LogP contribution in [0.25, 0.3) is 0 Å². The van der Waals surface area contributed by atoms with Crippen LogP contribution in [0.3, 0.4) is 0 Å². The van der Waals surface area contributed by atoms with Crippen molar-refractivity contribution in [3.05, 3.63) is 35.6 Å². The lowest BCUT2D eigenvalue weighted by Gasteiger charge is -2.35. The fourth-order valence-electron chi connectivity index (χ4n) is 1.59. The molecule has 90 valence electrons. The van der Waals surface area contributed by atoms with Crippen molar-refractivity contribution in [1.29, 1.82) is 0 Å². The molecular weight excluding hydrogens is 205 g/mol. The van der Waals surface area contributed by atoms with Crippen molar-refractivity contribution in [2.75, 3.05) is 13.7 Å². The molecule has 1 rings (SSSR count). The van der Waals surface area contributed by atoms with Crippen LogP contribution in [0.4, 0.5) is 4.39 Å². The van der Waals surface area contributed by atoms with Crippen molar-refractivity contribution < 1.29 is 9.50 Å². The van der Waals surface area contributed by atoms with Gasteiger partial charge in [-0.05, 0) is 45.0 Å². The number of benzene rings is 1. The first-order chi connectivity index (χ1) is 7.45. The van der Waals surface area contributed by atoms with Crippen LogP contribution in [0, 0.1) is 5.82 Å². The van der Waals surface area contributed by atoms with E-state index in [1.54, 1.807) is 12.1 Å². The standard InChI is InChI=1S/C13H20FNO/c1-13(2,7-8-16)15(3)10-11-5-4-6-12(14)9-11/h4-6,9,16H,7-8,10H2,1-3H3. The fourth-order valence-corrected chi connectivity index (χ4v) is 1.59. The molecule has 0 aliphatic heterocycles. The third-order valence-electron chi connectivity index (χ3n) is 3.07. The molecule has 0 unspecified atom stereocenters. The summed E-state index contributed by atoms with van der Waals surface area (Å²) in [5.74, 6) is -0.203. The molecule has 0 heterocycles. The molecule has 16 heavy (non-hydrogen) atoms. The molecule has 0 fully saturated rings. The lowest BCUT2D eigenvalue weighted by molar-refractivity contribution is 0.110. The Morgan fingerprint density at radius 3 is 2.62 bits per heavy atom. The molecule has 0 saturated carbocycles. The molecule has 0 bridgehead atoms. The zero-order chi connectivity index (χ0) is 12.2. The van der Waals surface area contributed by atoms with Crippen LogP contribution in [0.15, 0.2) is 24.3 Å². The van der Waals surface area contributed by atoms with Crippen LogP contribution in [0.5, 0.6) is 0 Å². The van der Waals surface area contributed by atoms with E-state index in [1.807, 2.05) is 13.1 Å². The maximum absolute atomic E-state index is 13.0. The van der Waals surface area contributed by atoms with Crippen molar-refractivity contribution in [2.24, 2.45) is 0 Å². The molecule has 0 radical (unpaired) electrons. The van der Waals surface area contributed by atoms with Gasteiger partial charge in [-0.15, -0.1) is 0 Å². The molecule has 0 aliphatic carbocycles. The van der Waals surface area contributed by atoms with Gasteiger partial charge < -0.3 is 5.11 Å². The Morgan fingerprint density at radius 1 is 1.38 bits per heavy atom. The number of hydrogen-bond donors (Lipinski definition) is 1. The Labute approximate surface area is 96.7 Å². The van der Waals surface area contributed by atoms with E-state index in [-0.39, 0.29) is 18.0 Å². The number of aliphatic hydroxyl groups is 1. The minimum absolute atomic E-state index is 0.0823. The summed E-state index contributed by atoms with van der Waals surface area (Å²) in [5, 5.41) is 8.97. The highest BCUT2D eigenvalue weighted by Crippen LogP contribution is 2.19. The van der Waals surface area contributed by atoms with Gasteiger partial charge in [0.15, 0.2) is 0 Å². The van der Waals surface area contributed by atoms with Crippen LogP contribution >= 0.6 is 0 Å². The van der Waals surface area contributed by atoms with Crippen LogP contribution in [-0.4, -0.2) is 29.2 Å². The molecule has 0 aliphatic rings. The predicted molar refractivity (Wildman–Crippen MR) is 63.6 cm³/mol.